The molecule has 0 spiro atoms. The van der Waals surface area contributed by atoms with Crippen molar-refractivity contribution in [2.75, 3.05) is 25.2 Å². The molecule has 0 aliphatic rings. The van der Waals surface area contributed by atoms with Crippen LogP contribution in [0.3, 0.4) is 0 Å². The van der Waals surface area contributed by atoms with E-state index in [4.69, 9.17) is 11.6 Å². The van der Waals surface area contributed by atoms with Gasteiger partial charge in [0.1, 0.15) is 0 Å². The number of anilines is 1. The van der Waals surface area contributed by atoms with Crippen molar-refractivity contribution in [1.82, 2.24) is 9.29 Å². The fourth-order valence-electron chi connectivity index (χ4n) is 2.42. The molecule has 0 aliphatic carbocycles. The van der Waals surface area contributed by atoms with Gasteiger partial charge in [0.25, 0.3) is 0 Å². The molecule has 1 N–H and O–H groups in total. The van der Waals surface area contributed by atoms with E-state index in [1.54, 1.807) is 31.2 Å². The van der Waals surface area contributed by atoms with Crippen LogP contribution in [0.4, 0.5) is 5.69 Å². The van der Waals surface area contributed by atoms with Gasteiger partial charge in [-0.2, -0.15) is 0 Å². The highest BCUT2D eigenvalue weighted by molar-refractivity contribution is 8.01. The van der Waals surface area contributed by atoms with Gasteiger partial charge >= 0.3 is 0 Å². The maximum Gasteiger partial charge on any atom is 0.242 e. The number of thiazole rings is 1. The number of halogens is 1. The number of hydrogen-bond donors (Lipinski definition) is 1. The molecule has 2 aromatic carbocycles. The maximum absolute atomic E-state index is 12.4. The third-order valence-electron chi connectivity index (χ3n) is 3.89. The van der Waals surface area contributed by atoms with Crippen LogP contribution in [0.15, 0.2) is 45.6 Å². The Morgan fingerprint density at radius 1 is 1.25 bits per heavy atom. The Morgan fingerprint density at radius 3 is 2.71 bits per heavy atom. The maximum atomic E-state index is 12.4. The molecule has 1 heterocycles. The fraction of sp³-hybridized carbons (Fsp3) is 0.222. The number of aryl methyl sites for hydroxylation is 1. The highest BCUT2D eigenvalue weighted by Crippen LogP contribution is 2.31. The Hall–Kier alpha value is -1.65. The molecule has 0 aliphatic heterocycles. The van der Waals surface area contributed by atoms with Gasteiger partial charge in [-0.15, -0.1) is 11.3 Å². The van der Waals surface area contributed by atoms with Crippen molar-refractivity contribution in [3.8, 4) is 0 Å². The van der Waals surface area contributed by atoms with Crippen LogP contribution in [-0.4, -0.2) is 43.5 Å². The van der Waals surface area contributed by atoms with E-state index in [1.165, 1.54) is 43.3 Å². The summed E-state index contributed by atoms with van der Waals surface area (Å²) in [5.74, 6) is -0.0728. The summed E-state index contributed by atoms with van der Waals surface area (Å²) in [6.45, 7) is 1.72. The zero-order valence-corrected chi connectivity index (χ0v) is 18.6. The fourth-order valence-corrected chi connectivity index (χ4v) is 5.58. The van der Waals surface area contributed by atoms with Crippen LogP contribution in [0.25, 0.3) is 10.2 Å². The Kier molecular flexibility index (Phi) is 6.31. The number of aromatic nitrogens is 1. The molecule has 6 nitrogen and oxygen atoms in total. The number of nitrogens with one attached hydrogen (secondary N) is 1. The monoisotopic (exact) mass is 455 g/mol. The minimum Gasteiger partial charge on any atom is -0.325 e. The molecule has 28 heavy (non-hydrogen) atoms. The second kappa shape index (κ2) is 8.38. The van der Waals surface area contributed by atoms with Gasteiger partial charge in [0.15, 0.2) is 4.34 Å². The first-order valence-electron chi connectivity index (χ1n) is 8.19. The average Bonchev–Trinajstić information content (AvgIpc) is 3.03. The molecule has 1 aromatic heterocycles. The molecule has 10 heteroatoms. The Morgan fingerprint density at radius 2 is 2.00 bits per heavy atom. The first kappa shape index (κ1) is 21.1. The van der Waals surface area contributed by atoms with E-state index in [0.717, 1.165) is 18.9 Å². The molecule has 148 valence electrons. The van der Waals surface area contributed by atoms with Crippen LogP contribution in [0, 0.1) is 6.92 Å². The molecule has 0 fully saturated rings. The van der Waals surface area contributed by atoms with Crippen molar-refractivity contribution in [3.63, 3.8) is 0 Å². The topological polar surface area (TPSA) is 79.4 Å². The number of nitrogens with zero attached hydrogens (tertiary/aromatic N) is 2. The summed E-state index contributed by atoms with van der Waals surface area (Å²) in [6.07, 6.45) is 0. The third-order valence-corrected chi connectivity index (χ3v) is 8.26. The number of rotatable bonds is 6. The Balaban J connectivity index is 1.69. The van der Waals surface area contributed by atoms with E-state index in [9.17, 15) is 13.2 Å². The molecule has 0 radical (unpaired) electrons. The number of carbonyl (C=O) groups excluding carboxylic acids is 1. The highest BCUT2D eigenvalue weighted by Gasteiger charge is 2.20. The molecule has 0 atom stereocenters. The van der Waals surface area contributed by atoms with Crippen molar-refractivity contribution in [2.24, 2.45) is 0 Å². The third kappa shape index (κ3) is 4.66. The van der Waals surface area contributed by atoms with Gasteiger partial charge in [0, 0.05) is 24.8 Å². The van der Waals surface area contributed by atoms with Gasteiger partial charge < -0.3 is 5.32 Å². The van der Waals surface area contributed by atoms with Crippen molar-refractivity contribution >= 4 is 66.5 Å². The number of carbonyl (C=O) groups is 1. The van der Waals surface area contributed by atoms with Gasteiger partial charge in [0.05, 0.1) is 20.9 Å². The van der Waals surface area contributed by atoms with Crippen molar-refractivity contribution in [2.45, 2.75) is 16.2 Å². The summed E-state index contributed by atoms with van der Waals surface area (Å²) in [4.78, 5) is 16.9. The normalized spacial score (nSPS) is 11.9. The van der Waals surface area contributed by atoms with E-state index < -0.39 is 10.0 Å². The van der Waals surface area contributed by atoms with Gasteiger partial charge in [-0.3, -0.25) is 4.79 Å². The second-order valence-electron chi connectivity index (χ2n) is 6.20. The summed E-state index contributed by atoms with van der Waals surface area (Å²) >= 11 is 8.79. The quantitative estimate of drug-likeness (QED) is 0.562. The standard InChI is InChI=1S/C18H18ClN3O3S3/c1-11-4-6-13(9-16(11)28(24,25)22(2)3)20-17(23)10-26-18-21-14-8-12(19)5-7-15(14)27-18/h4-9H,10H2,1-3H3,(H,20,23). The number of amides is 1. The Bertz CT molecular complexity index is 1140. The smallest absolute Gasteiger partial charge is 0.242 e. The summed E-state index contributed by atoms with van der Waals surface area (Å²) < 4.78 is 27.7. The predicted octanol–water partition coefficient (Wildman–Crippen LogP) is 4.24. The van der Waals surface area contributed by atoms with Crippen molar-refractivity contribution < 1.29 is 13.2 Å². The lowest BCUT2D eigenvalue weighted by Gasteiger charge is -2.15. The van der Waals surface area contributed by atoms with Crippen LogP contribution < -0.4 is 5.32 Å². The van der Waals surface area contributed by atoms with E-state index in [-0.39, 0.29) is 16.6 Å². The van der Waals surface area contributed by atoms with E-state index in [2.05, 4.69) is 10.3 Å². The van der Waals surface area contributed by atoms with Crippen LogP contribution in [0.5, 0.6) is 0 Å². The minimum absolute atomic E-state index is 0.164. The average molecular weight is 456 g/mol. The number of thioether (sulfide) groups is 1. The minimum atomic E-state index is -3.58. The van der Waals surface area contributed by atoms with Gasteiger partial charge in [-0.1, -0.05) is 29.4 Å². The molecule has 0 unspecified atom stereocenters. The van der Waals surface area contributed by atoms with Gasteiger partial charge in [-0.05, 0) is 42.8 Å². The molecule has 3 aromatic rings. The summed E-state index contributed by atoms with van der Waals surface area (Å²) in [5, 5.41) is 3.37. The zero-order chi connectivity index (χ0) is 20.5. The molecule has 0 saturated carbocycles. The van der Waals surface area contributed by atoms with E-state index >= 15 is 0 Å². The first-order chi connectivity index (χ1) is 13.2. The lowest BCUT2D eigenvalue weighted by molar-refractivity contribution is -0.113. The van der Waals surface area contributed by atoms with Gasteiger partial charge in [-0.25, -0.2) is 17.7 Å². The summed E-state index contributed by atoms with van der Waals surface area (Å²) in [7, 11) is -0.634. The molecule has 3 rings (SSSR count). The number of sulfonamides is 1. The number of fused-ring (bicyclic) bond motifs is 1. The molecular formula is C18H18ClN3O3S3. The second-order valence-corrected chi connectivity index (χ2v) is 11.0. The van der Waals surface area contributed by atoms with Crippen LogP contribution in [0.2, 0.25) is 5.02 Å². The summed E-state index contributed by atoms with van der Waals surface area (Å²) in [5.41, 5.74) is 1.86. The zero-order valence-electron chi connectivity index (χ0n) is 15.4. The Labute approximate surface area is 177 Å². The van der Waals surface area contributed by atoms with Crippen LogP contribution in [-0.2, 0) is 14.8 Å². The highest BCUT2D eigenvalue weighted by atomic mass is 35.5. The largest absolute Gasteiger partial charge is 0.325 e. The first-order valence-corrected chi connectivity index (χ1v) is 11.8. The SMILES string of the molecule is Cc1ccc(NC(=O)CSc2nc3cc(Cl)ccc3s2)cc1S(=O)(=O)N(C)C. The number of benzene rings is 2. The van der Waals surface area contributed by atoms with E-state index in [0.29, 0.717) is 16.3 Å². The summed E-state index contributed by atoms with van der Waals surface area (Å²) in [6, 6.07) is 10.3. The van der Waals surface area contributed by atoms with E-state index in [1.807, 2.05) is 6.07 Å². The molecule has 0 saturated heterocycles. The van der Waals surface area contributed by atoms with Crippen LogP contribution in [0.1, 0.15) is 5.56 Å². The lowest BCUT2D eigenvalue weighted by Crippen LogP contribution is -2.23. The lowest BCUT2D eigenvalue weighted by atomic mass is 10.2. The predicted molar refractivity (Wildman–Crippen MR) is 116 cm³/mol. The van der Waals surface area contributed by atoms with Crippen molar-refractivity contribution in [3.05, 3.63) is 47.0 Å². The molecule has 0 bridgehead atoms. The number of hydrogen-bond acceptors (Lipinski definition) is 6. The molecular weight excluding hydrogens is 438 g/mol. The van der Waals surface area contributed by atoms with Crippen molar-refractivity contribution in [1.29, 1.82) is 0 Å². The van der Waals surface area contributed by atoms with Crippen LogP contribution >= 0.6 is 34.7 Å². The van der Waals surface area contributed by atoms with Gasteiger partial charge in [0.2, 0.25) is 15.9 Å². The molecule has 1 amide bonds.